The van der Waals surface area contributed by atoms with Gasteiger partial charge >= 0.3 is 34.5 Å². The first-order valence-electron chi connectivity index (χ1n) is 13.2. The van der Waals surface area contributed by atoms with Crippen LogP contribution in [0, 0.1) is 0 Å². The number of ether oxygens (including phenoxy) is 2. The van der Waals surface area contributed by atoms with Gasteiger partial charge in [-0.3, -0.25) is 0 Å². The van der Waals surface area contributed by atoms with E-state index in [9.17, 15) is 0 Å². The molecule has 0 bridgehead atoms. The van der Waals surface area contributed by atoms with E-state index in [-0.39, 0.29) is 40.4 Å². The Morgan fingerprint density at radius 3 is 1.35 bits per heavy atom. The van der Waals surface area contributed by atoms with Gasteiger partial charge in [0.1, 0.15) is 0 Å². The van der Waals surface area contributed by atoms with E-state index >= 15 is 0 Å². The zero-order chi connectivity index (χ0) is 29.4. The Morgan fingerprint density at radius 1 is 0.675 bits per heavy atom. The summed E-state index contributed by atoms with van der Waals surface area (Å²) in [6.07, 6.45) is -0.440. The van der Waals surface area contributed by atoms with Gasteiger partial charge in [-0.15, -0.1) is 13.1 Å². The van der Waals surface area contributed by atoms with E-state index in [1.54, 1.807) is 10.6 Å². The molecule has 1 fully saturated rings. The second-order valence-electron chi connectivity index (χ2n) is 10.6. The molecule has 4 aromatic rings. The van der Waals surface area contributed by atoms with Crippen LogP contribution in [0.25, 0.3) is 44.1 Å². The van der Waals surface area contributed by atoms with Crippen molar-refractivity contribution < 1.29 is 24.6 Å². The van der Waals surface area contributed by atoms with Crippen molar-refractivity contribution in [3.63, 3.8) is 0 Å². The molecule has 216 valence electrons. The predicted octanol–water partition coefficient (Wildman–Crippen LogP) is 8.85. The molecule has 1 saturated heterocycles. The van der Waals surface area contributed by atoms with E-state index in [2.05, 4.69) is 99.5 Å². The van der Waals surface area contributed by atoms with Crippen molar-refractivity contribution in [2.45, 2.75) is 31.8 Å². The topological polar surface area (TPSA) is 66.1 Å². The molecule has 0 aromatic heterocycles. The zero-order valence-electron chi connectivity index (χ0n) is 23.9. The fourth-order valence-electron chi connectivity index (χ4n) is 5.17. The zero-order valence-corrected chi connectivity index (χ0v) is 29.2. The summed E-state index contributed by atoms with van der Waals surface area (Å²) < 4.78 is 10.7. The maximum absolute atomic E-state index is 7.12. The van der Waals surface area contributed by atoms with Crippen molar-refractivity contribution in [2.24, 2.45) is 0 Å². The van der Waals surface area contributed by atoms with E-state index in [1.165, 1.54) is 32.7 Å². The summed E-state index contributed by atoms with van der Waals surface area (Å²) in [6, 6.07) is 27.1. The monoisotopic (exact) mass is 706 g/mol. The van der Waals surface area contributed by atoms with Crippen LogP contribution in [0.2, 0.25) is 0 Å². The molecular formula is C31H40Cl2N2O2P2Ru+2. The Morgan fingerprint density at radius 2 is 1.02 bits per heavy atom. The number of hydrogen-bond acceptors (Lipinski definition) is 2. The van der Waals surface area contributed by atoms with Crippen LogP contribution >= 0.6 is 35.2 Å². The summed E-state index contributed by atoms with van der Waals surface area (Å²) in [5, 5.41) is 8.59. The molecule has 2 N–H and O–H groups in total. The third kappa shape index (κ3) is 8.23. The number of hydrogen-bond donors (Lipinski definition) is 0. The summed E-state index contributed by atoms with van der Waals surface area (Å²) in [7, 11) is 8.55. The molecule has 4 aromatic carbocycles. The van der Waals surface area contributed by atoms with Gasteiger partial charge in [0.25, 0.3) is 0 Å². The fraction of sp³-hybridized carbons (Fsp3) is 0.355. The van der Waals surface area contributed by atoms with Gasteiger partial charge in [-0.2, -0.15) is 0 Å². The first kappa shape index (κ1) is 33.8. The molecule has 0 spiro atoms. The molecular weight excluding hydrogens is 666 g/mol. The van der Waals surface area contributed by atoms with Gasteiger partial charge in [0, 0.05) is 27.0 Å². The second-order valence-corrected chi connectivity index (χ2v) is 18.3. The van der Waals surface area contributed by atoms with E-state index in [0.29, 0.717) is 0 Å². The third-order valence-electron chi connectivity index (χ3n) is 6.87. The quantitative estimate of drug-likeness (QED) is 0.154. The first-order chi connectivity index (χ1) is 19.1. The Hall–Kier alpha value is -0.697. The van der Waals surface area contributed by atoms with Gasteiger partial charge < -0.3 is 20.9 Å². The molecule has 1 aliphatic rings. The van der Waals surface area contributed by atoms with Crippen LogP contribution in [-0.2, 0) is 24.6 Å². The molecule has 0 saturated carbocycles. The average molecular weight is 707 g/mol. The van der Waals surface area contributed by atoms with Crippen LogP contribution in [0.4, 0.5) is 0 Å². The third-order valence-corrected chi connectivity index (χ3v) is 9.86. The Labute approximate surface area is 257 Å². The Kier molecular flexibility index (Phi) is 13.3. The molecule has 2 atom stereocenters. The maximum atomic E-state index is 7.12. The minimum absolute atomic E-state index is 0.174. The van der Waals surface area contributed by atoms with Gasteiger partial charge in [0.15, 0.2) is 5.79 Å². The molecule has 0 amide bonds. The van der Waals surface area contributed by atoms with Crippen LogP contribution in [0.15, 0.2) is 72.8 Å². The molecule has 0 unspecified atom stereocenters. The molecule has 4 nitrogen and oxygen atoms in total. The summed E-state index contributed by atoms with van der Waals surface area (Å²) in [4.78, 5) is 0. The summed E-state index contributed by atoms with van der Waals surface area (Å²) in [6.45, 7) is 13.6. The van der Waals surface area contributed by atoms with Crippen LogP contribution < -0.4 is 10.6 Å². The van der Waals surface area contributed by atoms with E-state index in [4.69, 9.17) is 40.3 Å². The standard InChI is InChI=1S/C24H24P2.C7H14N2O2.2ClH.Ru/c1-25(2)21-15-13-17-9-5-7-11-19(17)23(21)24-20-12-8-6-10-18(20)14-16-22(24)26(3)4;1-7(2)10-5(3-8)6(4-9)11-7;;;/h5-16H,1-4H3;5-6,8-9H,3-4H2,1-2H3;2*1H;/q;-2;;;+4/t;5-,6+;;;. The summed E-state index contributed by atoms with van der Waals surface area (Å²) in [5.74, 6) is -0.600. The van der Waals surface area contributed by atoms with E-state index in [0.717, 1.165) is 0 Å². The van der Waals surface area contributed by atoms with Crippen LogP contribution in [0.5, 0.6) is 0 Å². The first-order valence-corrected chi connectivity index (χ1v) is 22.7. The number of halogens is 2. The van der Waals surface area contributed by atoms with E-state index in [1.807, 2.05) is 13.8 Å². The molecule has 0 radical (unpaired) electrons. The summed E-state index contributed by atoms with van der Waals surface area (Å²) >= 11 is -0.346. The number of benzene rings is 4. The number of nitrogens with one attached hydrogen (secondary N) is 2. The molecule has 9 heteroatoms. The normalized spacial score (nSPS) is 18.0. The van der Waals surface area contributed by atoms with Gasteiger partial charge in [-0.1, -0.05) is 60.7 Å². The molecule has 40 heavy (non-hydrogen) atoms. The second kappa shape index (κ2) is 15.7. The molecule has 1 heterocycles. The van der Waals surface area contributed by atoms with Crippen molar-refractivity contribution in [1.29, 1.82) is 0 Å². The molecule has 5 rings (SSSR count). The average Bonchev–Trinajstić information content (AvgIpc) is 3.26. The van der Waals surface area contributed by atoms with Gasteiger partial charge in [-0.25, -0.2) is 0 Å². The van der Waals surface area contributed by atoms with E-state index < -0.39 is 21.6 Å². The minimum atomic E-state index is -0.600. The predicted molar refractivity (Wildman–Crippen MR) is 180 cm³/mol. The van der Waals surface area contributed by atoms with Crippen molar-refractivity contribution in [1.82, 2.24) is 0 Å². The van der Waals surface area contributed by atoms with Gasteiger partial charge in [0.2, 0.25) is 0 Å². The number of rotatable bonds is 5. The molecule has 0 aliphatic carbocycles. The van der Waals surface area contributed by atoms with Crippen LogP contribution in [0.1, 0.15) is 13.8 Å². The van der Waals surface area contributed by atoms with Crippen molar-refractivity contribution in [3.8, 4) is 11.1 Å². The van der Waals surface area contributed by atoms with Crippen molar-refractivity contribution in [2.75, 3.05) is 39.7 Å². The van der Waals surface area contributed by atoms with Gasteiger partial charge in [0.05, 0.1) is 49.5 Å². The Balaban J connectivity index is 0.000000263. The SMILES string of the molecule is CC1(C)O[C@@H](C[NH-])[C@@H](C[NH-])O1.C[PH+](C)c1ccc2ccccc2c1-c1c([PH+](C)C)ccc2ccccc12.[Cl][Ru+2][Cl]. The van der Waals surface area contributed by atoms with Gasteiger partial charge in [-0.05, 0) is 47.5 Å². The fourth-order valence-corrected chi connectivity index (χ4v) is 7.52. The molecule has 1 aliphatic heterocycles. The Bertz CT molecular complexity index is 1300. The van der Waals surface area contributed by atoms with Crippen LogP contribution in [-0.4, -0.2) is 57.7 Å². The van der Waals surface area contributed by atoms with Crippen molar-refractivity contribution >= 4 is 67.4 Å². The van der Waals surface area contributed by atoms with Crippen molar-refractivity contribution in [3.05, 3.63) is 84.3 Å². The van der Waals surface area contributed by atoms with Crippen LogP contribution in [0.3, 0.4) is 0 Å². The number of fused-ring (bicyclic) bond motifs is 2. The summed E-state index contributed by atoms with van der Waals surface area (Å²) in [5.41, 5.74) is 17.2.